The van der Waals surface area contributed by atoms with Crippen molar-refractivity contribution in [3.05, 3.63) is 30.0 Å². The van der Waals surface area contributed by atoms with Crippen LogP contribution in [-0.4, -0.2) is 61.8 Å². The number of benzene rings is 1. The summed E-state index contributed by atoms with van der Waals surface area (Å²) in [6, 6.07) is 6.00. The monoisotopic (exact) mass is 496 g/mol. The number of amides is 1. The fourth-order valence-corrected chi connectivity index (χ4v) is 6.35. The van der Waals surface area contributed by atoms with Crippen molar-refractivity contribution in [3.8, 4) is 5.75 Å². The first kappa shape index (κ1) is 26.7. The number of likely N-dealkylation sites (tertiary alicyclic amines) is 1. The van der Waals surface area contributed by atoms with Gasteiger partial charge < -0.3 is 14.5 Å². The maximum Gasteiger partial charge on any atom is 0.249 e. The third kappa shape index (κ3) is 6.12. The molecule has 4 rings (SSSR count). The molecule has 0 unspecified atom stereocenters. The molecule has 2 fully saturated rings. The van der Waals surface area contributed by atoms with Crippen LogP contribution < -0.4 is 15.1 Å². The first-order valence-corrected chi connectivity index (χ1v) is 13.8. The van der Waals surface area contributed by atoms with Crippen LogP contribution in [0.1, 0.15) is 69.8 Å². The number of ether oxygens (including phenoxy) is 1. The predicted molar refractivity (Wildman–Crippen MR) is 145 cm³/mol. The number of methoxy groups -OCH3 is 1. The van der Waals surface area contributed by atoms with Crippen molar-refractivity contribution in [1.82, 2.24) is 15.4 Å². The molecule has 7 nitrogen and oxygen atoms in total. The summed E-state index contributed by atoms with van der Waals surface area (Å²) in [7, 11) is 5.76. The summed E-state index contributed by atoms with van der Waals surface area (Å²) in [5.74, 6) is 1.48. The number of nitrogens with zero attached hydrogens (tertiary/aromatic N) is 3. The highest BCUT2D eigenvalue weighted by molar-refractivity contribution is 5.88. The van der Waals surface area contributed by atoms with Crippen LogP contribution in [0.4, 0.5) is 5.69 Å². The van der Waals surface area contributed by atoms with Crippen LogP contribution in [-0.2, 0) is 11.2 Å². The smallest absolute Gasteiger partial charge is 0.249 e. The maximum atomic E-state index is 12.9. The number of piperidine rings is 1. The van der Waals surface area contributed by atoms with Gasteiger partial charge in [-0.15, -0.1) is 0 Å². The molecule has 1 aromatic heterocycles. The summed E-state index contributed by atoms with van der Waals surface area (Å²) in [5, 5.41) is 10.7. The Morgan fingerprint density at radius 1 is 1.22 bits per heavy atom. The van der Waals surface area contributed by atoms with Crippen LogP contribution in [0.15, 0.2) is 24.4 Å². The molecule has 1 aliphatic heterocycles. The molecule has 2 heterocycles. The lowest BCUT2D eigenvalue weighted by Crippen LogP contribution is -2.48. The molecule has 0 atom stereocenters. The molecule has 2 aromatic rings. The van der Waals surface area contributed by atoms with Gasteiger partial charge in [-0.05, 0) is 87.8 Å². The van der Waals surface area contributed by atoms with Gasteiger partial charge >= 0.3 is 0 Å². The van der Waals surface area contributed by atoms with Crippen molar-refractivity contribution in [2.75, 3.05) is 45.7 Å². The van der Waals surface area contributed by atoms with E-state index in [1.54, 1.807) is 7.11 Å². The summed E-state index contributed by atoms with van der Waals surface area (Å²) in [5.41, 5.74) is 4.77. The fraction of sp³-hybridized carbons (Fsp3) is 0.655. The molecule has 1 aromatic carbocycles. The zero-order valence-electron chi connectivity index (χ0n) is 22.4. The lowest BCUT2D eigenvalue weighted by molar-refractivity contribution is -0.143. The Labute approximate surface area is 216 Å². The standard InChI is InChI=1S/C29H44N4O3/c1-32(2)27-21-30-26-12-11-23(36-3)20-25(26)24(27)10-7-14-29(28(34)31-35)15-18-33(19-16-29)17-13-22-8-5-4-6-9-22/h11-12,20-22,35H,4-10,13-19H2,1-3H3,(H,31,34). The number of aryl methyl sites for hydroxylation is 1. The van der Waals surface area contributed by atoms with Crippen molar-refractivity contribution < 1.29 is 14.7 Å². The third-order valence-corrected chi connectivity index (χ3v) is 8.70. The van der Waals surface area contributed by atoms with Crippen molar-refractivity contribution in [2.45, 2.75) is 70.6 Å². The zero-order valence-corrected chi connectivity index (χ0v) is 22.4. The molecular formula is C29H44N4O3. The molecule has 0 spiro atoms. The zero-order chi connectivity index (χ0) is 25.5. The van der Waals surface area contributed by atoms with E-state index in [0.717, 1.165) is 80.0 Å². The topological polar surface area (TPSA) is 77.9 Å². The minimum atomic E-state index is -0.505. The Morgan fingerprint density at radius 3 is 2.64 bits per heavy atom. The van der Waals surface area contributed by atoms with E-state index in [1.165, 1.54) is 44.1 Å². The normalized spacial score (nSPS) is 18.8. The van der Waals surface area contributed by atoms with Crippen molar-refractivity contribution in [1.29, 1.82) is 0 Å². The van der Waals surface area contributed by atoms with E-state index >= 15 is 0 Å². The molecule has 36 heavy (non-hydrogen) atoms. The number of aromatic nitrogens is 1. The van der Waals surface area contributed by atoms with Gasteiger partial charge in [0.15, 0.2) is 0 Å². The van der Waals surface area contributed by atoms with Crippen molar-refractivity contribution >= 4 is 22.5 Å². The number of fused-ring (bicyclic) bond motifs is 1. The second kappa shape index (κ2) is 12.2. The van der Waals surface area contributed by atoms with E-state index in [9.17, 15) is 10.0 Å². The average molecular weight is 497 g/mol. The van der Waals surface area contributed by atoms with Crippen LogP contribution in [0.3, 0.4) is 0 Å². The molecule has 1 saturated carbocycles. The van der Waals surface area contributed by atoms with Gasteiger partial charge in [-0.25, -0.2) is 5.48 Å². The van der Waals surface area contributed by atoms with Crippen LogP contribution in [0.25, 0.3) is 10.9 Å². The molecule has 198 valence electrons. The predicted octanol–water partition coefficient (Wildman–Crippen LogP) is 5.19. The molecule has 1 aliphatic carbocycles. The minimum Gasteiger partial charge on any atom is -0.497 e. The molecule has 2 aliphatic rings. The highest BCUT2D eigenvalue weighted by Gasteiger charge is 2.40. The second-order valence-electron chi connectivity index (χ2n) is 11.1. The summed E-state index contributed by atoms with van der Waals surface area (Å²) < 4.78 is 5.48. The largest absolute Gasteiger partial charge is 0.497 e. The SMILES string of the molecule is COc1ccc2ncc(N(C)C)c(CCCC3(C(=O)NO)CCN(CCC4CCCCC4)CC3)c2c1. The fourth-order valence-electron chi connectivity index (χ4n) is 6.35. The number of hydrogen-bond donors (Lipinski definition) is 2. The molecule has 1 amide bonds. The first-order valence-electron chi connectivity index (χ1n) is 13.8. The van der Waals surface area contributed by atoms with Gasteiger partial charge in [0.05, 0.1) is 29.9 Å². The van der Waals surface area contributed by atoms with E-state index in [2.05, 4.69) is 20.9 Å². The van der Waals surface area contributed by atoms with Gasteiger partial charge in [0.2, 0.25) is 5.91 Å². The second-order valence-corrected chi connectivity index (χ2v) is 11.1. The number of carbonyl (C=O) groups excluding carboxylic acids is 1. The number of nitrogens with one attached hydrogen (secondary N) is 1. The van der Waals surface area contributed by atoms with Crippen LogP contribution in [0, 0.1) is 11.3 Å². The summed E-state index contributed by atoms with van der Waals surface area (Å²) >= 11 is 0. The van der Waals surface area contributed by atoms with E-state index in [1.807, 2.05) is 37.9 Å². The van der Waals surface area contributed by atoms with Gasteiger partial charge in [0, 0.05) is 19.5 Å². The number of anilines is 1. The highest BCUT2D eigenvalue weighted by Crippen LogP contribution is 2.39. The lowest BCUT2D eigenvalue weighted by atomic mass is 9.73. The third-order valence-electron chi connectivity index (χ3n) is 8.70. The van der Waals surface area contributed by atoms with Crippen LogP contribution in [0.2, 0.25) is 0 Å². The molecule has 0 bridgehead atoms. The number of hydroxylamine groups is 1. The Bertz CT molecular complexity index is 1010. The number of rotatable bonds is 10. The summed E-state index contributed by atoms with van der Waals surface area (Å²) in [4.78, 5) is 22.2. The van der Waals surface area contributed by atoms with Crippen LogP contribution in [0.5, 0.6) is 5.75 Å². The molecule has 7 heteroatoms. The highest BCUT2D eigenvalue weighted by atomic mass is 16.5. The lowest BCUT2D eigenvalue weighted by Gasteiger charge is -2.41. The Kier molecular flexibility index (Phi) is 9.07. The number of pyridine rings is 1. The van der Waals surface area contributed by atoms with Gasteiger partial charge in [-0.1, -0.05) is 32.1 Å². The molecular weight excluding hydrogens is 452 g/mol. The summed E-state index contributed by atoms with van der Waals surface area (Å²) in [6.45, 7) is 3.00. The quantitative estimate of drug-likeness (QED) is 0.348. The van der Waals surface area contributed by atoms with E-state index in [0.29, 0.717) is 0 Å². The van der Waals surface area contributed by atoms with E-state index < -0.39 is 5.41 Å². The average Bonchev–Trinajstić information content (AvgIpc) is 2.92. The molecule has 1 saturated heterocycles. The van der Waals surface area contributed by atoms with Gasteiger partial charge in [-0.2, -0.15) is 0 Å². The first-order chi connectivity index (χ1) is 17.5. The van der Waals surface area contributed by atoms with E-state index in [-0.39, 0.29) is 5.91 Å². The molecule has 0 radical (unpaired) electrons. The Morgan fingerprint density at radius 2 is 1.97 bits per heavy atom. The maximum absolute atomic E-state index is 12.9. The number of hydrogen-bond acceptors (Lipinski definition) is 6. The summed E-state index contributed by atoms with van der Waals surface area (Å²) in [6.07, 6.45) is 14.2. The van der Waals surface area contributed by atoms with Gasteiger partial charge in [-0.3, -0.25) is 15.0 Å². The van der Waals surface area contributed by atoms with Crippen LogP contribution >= 0.6 is 0 Å². The van der Waals surface area contributed by atoms with Gasteiger partial charge in [0.25, 0.3) is 0 Å². The Balaban J connectivity index is 1.42. The van der Waals surface area contributed by atoms with Gasteiger partial charge in [0.1, 0.15) is 5.75 Å². The van der Waals surface area contributed by atoms with E-state index in [4.69, 9.17) is 4.74 Å². The minimum absolute atomic E-state index is 0.219. The number of carbonyl (C=O) groups is 1. The molecule has 2 N–H and O–H groups in total. The Hall–Kier alpha value is -2.38. The van der Waals surface area contributed by atoms with Crippen molar-refractivity contribution in [2.24, 2.45) is 11.3 Å². The van der Waals surface area contributed by atoms with Crippen molar-refractivity contribution in [3.63, 3.8) is 0 Å².